The number of aromatic nitrogens is 1. The van der Waals surface area contributed by atoms with E-state index in [1.807, 2.05) is 13.1 Å². The van der Waals surface area contributed by atoms with Crippen molar-refractivity contribution in [1.29, 1.82) is 0 Å². The molecule has 0 saturated heterocycles. The Morgan fingerprint density at radius 1 is 1.32 bits per heavy atom. The van der Waals surface area contributed by atoms with E-state index in [-0.39, 0.29) is 5.41 Å². The number of hydrogen-bond acceptors (Lipinski definition) is 2. The Morgan fingerprint density at radius 3 is 2.58 bits per heavy atom. The summed E-state index contributed by atoms with van der Waals surface area (Å²) < 4.78 is 7.64. The fourth-order valence-corrected chi connectivity index (χ4v) is 3.06. The summed E-state index contributed by atoms with van der Waals surface area (Å²) in [6.45, 7) is 7.71. The topological polar surface area (TPSA) is 26.2 Å². The molecule has 1 N–H and O–H groups in total. The number of nitrogens with one attached hydrogen (secondary N) is 1. The predicted molar refractivity (Wildman–Crippen MR) is 81.2 cm³/mol. The van der Waals surface area contributed by atoms with Crippen LogP contribution in [-0.4, -0.2) is 25.3 Å². The lowest BCUT2D eigenvalue weighted by molar-refractivity contribution is 0.415. The summed E-state index contributed by atoms with van der Waals surface area (Å²) in [6, 6.07) is 6.31. The maximum atomic E-state index is 5.37. The van der Waals surface area contributed by atoms with Crippen molar-refractivity contribution in [2.45, 2.75) is 26.2 Å². The highest BCUT2D eigenvalue weighted by atomic mass is 16.5. The summed E-state index contributed by atoms with van der Waals surface area (Å²) in [7, 11) is 5.85. The van der Waals surface area contributed by atoms with E-state index in [1.54, 1.807) is 7.11 Å². The maximum Gasteiger partial charge on any atom is 0.119 e. The number of fused-ring (bicyclic) bond motifs is 1. The summed E-state index contributed by atoms with van der Waals surface area (Å²) >= 11 is 0. The van der Waals surface area contributed by atoms with Gasteiger partial charge in [0.25, 0.3) is 0 Å². The molecule has 0 spiro atoms. The van der Waals surface area contributed by atoms with Gasteiger partial charge in [0.2, 0.25) is 0 Å². The highest BCUT2D eigenvalue weighted by molar-refractivity contribution is 5.88. The van der Waals surface area contributed by atoms with Crippen LogP contribution in [0.2, 0.25) is 0 Å². The van der Waals surface area contributed by atoms with Crippen molar-refractivity contribution in [1.82, 2.24) is 9.88 Å². The van der Waals surface area contributed by atoms with Crippen LogP contribution in [0.4, 0.5) is 0 Å². The summed E-state index contributed by atoms with van der Waals surface area (Å²) in [5, 5.41) is 4.59. The highest BCUT2D eigenvalue weighted by Crippen LogP contribution is 2.36. The summed E-state index contributed by atoms with van der Waals surface area (Å²) in [5.41, 5.74) is 4.07. The number of likely N-dealkylation sites (N-methyl/N-ethyl adjacent to an activating group) is 1. The molecule has 0 aliphatic heterocycles. The van der Waals surface area contributed by atoms with Gasteiger partial charge in [0, 0.05) is 35.6 Å². The van der Waals surface area contributed by atoms with Crippen molar-refractivity contribution in [2.24, 2.45) is 7.05 Å². The molecule has 1 aromatic heterocycles. The molecule has 0 bridgehead atoms. The third-order valence-electron chi connectivity index (χ3n) is 3.99. The van der Waals surface area contributed by atoms with Crippen molar-refractivity contribution >= 4 is 10.9 Å². The molecule has 1 heterocycles. The maximum absolute atomic E-state index is 5.37. The minimum absolute atomic E-state index is 0.0880. The van der Waals surface area contributed by atoms with Crippen LogP contribution < -0.4 is 10.1 Å². The Balaban J connectivity index is 2.74. The quantitative estimate of drug-likeness (QED) is 0.914. The van der Waals surface area contributed by atoms with Gasteiger partial charge in [0.05, 0.1) is 7.11 Å². The fourth-order valence-electron chi connectivity index (χ4n) is 3.06. The molecule has 2 aromatic rings. The predicted octanol–water partition coefficient (Wildman–Crippen LogP) is 2.99. The first kappa shape index (κ1) is 13.9. The Kier molecular flexibility index (Phi) is 3.59. The molecule has 3 nitrogen and oxygen atoms in total. The Morgan fingerprint density at radius 2 is 2.00 bits per heavy atom. The van der Waals surface area contributed by atoms with Crippen molar-refractivity contribution in [3.63, 3.8) is 0 Å². The first-order chi connectivity index (χ1) is 8.92. The van der Waals surface area contributed by atoms with E-state index >= 15 is 0 Å². The monoisotopic (exact) mass is 260 g/mol. The van der Waals surface area contributed by atoms with Gasteiger partial charge in [0.1, 0.15) is 5.75 Å². The highest BCUT2D eigenvalue weighted by Gasteiger charge is 2.27. The Bertz CT molecular complexity index is 596. The van der Waals surface area contributed by atoms with Crippen LogP contribution in [0.15, 0.2) is 18.2 Å². The Labute approximate surface area is 115 Å². The van der Waals surface area contributed by atoms with E-state index in [2.05, 4.69) is 49.8 Å². The van der Waals surface area contributed by atoms with Gasteiger partial charge in [-0.15, -0.1) is 0 Å². The standard InChI is InChI=1S/C16H24N2O/c1-11-15(16(2,3)10-17-4)13-9-12(19-6)7-8-14(13)18(11)5/h7-9,17H,10H2,1-6H3. The lowest BCUT2D eigenvalue weighted by atomic mass is 9.82. The van der Waals surface area contributed by atoms with E-state index in [1.165, 1.54) is 22.2 Å². The molecule has 0 unspecified atom stereocenters. The number of aryl methyl sites for hydroxylation is 1. The number of rotatable bonds is 4. The van der Waals surface area contributed by atoms with Gasteiger partial charge in [-0.1, -0.05) is 13.8 Å². The number of methoxy groups -OCH3 is 1. The molecule has 0 aliphatic rings. The van der Waals surface area contributed by atoms with Crippen molar-refractivity contribution in [3.05, 3.63) is 29.5 Å². The van der Waals surface area contributed by atoms with Gasteiger partial charge in [-0.25, -0.2) is 0 Å². The number of hydrogen-bond donors (Lipinski definition) is 1. The van der Waals surface area contributed by atoms with Gasteiger partial charge >= 0.3 is 0 Å². The molecule has 19 heavy (non-hydrogen) atoms. The molecule has 0 radical (unpaired) electrons. The van der Waals surface area contributed by atoms with Gasteiger partial charge in [-0.05, 0) is 37.7 Å². The van der Waals surface area contributed by atoms with E-state index in [9.17, 15) is 0 Å². The zero-order valence-corrected chi connectivity index (χ0v) is 12.8. The zero-order valence-electron chi connectivity index (χ0n) is 12.8. The number of nitrogens with zero attached hydrogens (tertiary/aromatic N) is 1. The van der Waals surface area contributed by atoms with E-state index < -0.39 is 0 Å². The number of ether oxygens (including phenoxy) is 1. The molecule has 104 valence electrons. The summed E-state index contributed by atoms with van der Waals surface area (Å²) in [5.74, 6) is 0.916. The molecule has 0 aliphatic carbocycles. The van der Waals surface area contributed by atoms with E-state index in [0.717, 1.165) is 12.3 Å². The molecule has 0 atom stereocenters. The molecule has 2 rings (SSSR count). The summed E-state index contributed by atoms with van der Waals surface area (Å²) in [4.78, 5) is 0. The molecule has 0 fully saturated rings. The van der Waals surface area contributed by atoms with Gasteiger partial charge < -0.3 is 14.6 Å². The SMILES string of the molecule is CNCC(C)(C)c1c(C)n(C)c2ccc(OC)cc12. The minimum atomic E-state index is 0.0880. The van der Waals surface area contributed by atoms with Crippen molar-refractivity contribution in [3.8, 4) is 5.75 Å². The van der Waals surface area contributed by atoms with Crippen LogP contribution in [0, 0.1) is 6.92 Å². The third kappa shape index (κ3) is 2.23. The van der Waals surface area contributed by atoms with Crippen molar-refractivity contribution in [2.75, 3.05) is 20.7 Å². The van der Waals surface area contributed by atoms with E-state index in [0.29, 0.717) is 0 Å². The average molecular weight is 260 g/mol. The van der Waals surface area contributed by atoms with Crippen LogP contribution in [0.3, 0.4) is 0 Å². The molecular formula is C16H24N2O. The second kappa shape index (κ2) is 4.89. The van der Waals surface area contributed by atoms with Crippen LogP contribution in [0.5, 0.6) is 5.75 Å². The largest absolute Gasteiger partial charge is 0.497 e. The normalized spacial score (nSPS) is 12.1. The second-order valence-electron chi connectivity index (χ2n) is 5.82. The first-order valence-electron chi connectivity index (χ1n) is 6.70. The number of benzene rings is 1. The average Bonchev–Trinajstić information content (AvgIpc) is 2.61. The smallest absolute Gasteiger partial charge is 0.119 e. The van der Waals surface area contributed by atoms with Crippen LogP contribution in [-0.2, 0) is 12.5 Å². The molecular weight excluding hydrogens is 236 g/mol. The van der Waals surface area contributed by atoms with Gasteiger partial charge in [-0.2, -0.15) is 0 Å². The molecule has 0 amide bonds. The summed E-state index contributed by atoms with van der Waals surface area (Å²) in [6.07, 6.45) is 0. The zero-order chi connectivity index (χ0) is 14.2. The third-order valence-corrected chi connectivity index (χ3v) is 3.99. The van der Waals surface area contributed by atoms with E-state index in [4.69, 9.17) is 4.74 Å². The second-order valence-corrected chi connectivity index (χ2v) is 5.82. The minimum Gasteiger partial charge on any atom is -0.497 e. The van der Waals surface area contributed by atoms with Crippen molar-refractivity contribution < 1.29 is 4.74 Å². The van der Waals surface area contributed by atoms with Crippen LogP contribution >= 0.6 is 0 Å². The van der Waals surface area contributed by atoms with Crippen LogP contribution in [0.25, 0.3) is 10.9 Å². The van der Waals surface area contributed by atoms with Gasteiger partial charge in [0.15, 0.2) is 0 Å². The first-order valence-corrected chi connectivity index (χ1v) is 6.70. The fraction of sp³-hybridized carbons (Fsp3) is 0.500. The lowest BCUT2D eigenvalue weighted by Gasteiger charge is -2.25. The molecule has 1 aromatic carbocycles. The Hall–Kier alpha value is -1.48. The molecule has 0 saturated carbocycles. The van der Waals surface area contributed by atoms with Gasteiger partial charge in [-0.3, -0.25) is 0 Å². The molecule has 3 heteroatoms. The van der Waals surface area contributed by atoms with Crippen LogP contribution in [0.1, 0.15) is 25.1 Å². The lowest BCUT2D eigenvalue weighted by Crippen LogP contribution is -2.31.